The van der Waals surface area contributed by atoms with Crippen molar-refractivity contribution in [3.63, 3.8) is 0 Å². The van der Waals surface area contributed by atoms with Crippen molar-refractivity contribution >= 4 is 5.97 Å². The summed E-state index contributed by atoms with van der Waals surface area (Å²) in [5.41, 5.74) is 9.04. The van der Waals surface area contributed by atoms with E-state index in [2.05, 4.69) is 12.1 Å². The summed E-state index contributed by atoms with van der Waals surface area (Å²) in [6.07, 6.45) is 3.26. The molecule has 2 N–H and O–H groups in total. The summed E-state index contributed by atoms with van der Waals surface area (Å²) in [7, 11) is 0. The molecule has 0 aliphatic heterocycles. The molecule has 0 atom stereocenters. The zero-order valence-electron chi connectivity index (χ0n) is 13.4. The van der Waals surface area contributed by atoms with Crippen molar-refractivity contribution in [2.75, 3.05) is 13.2 Å². The van der Waals surface area contributed by atoms with Crippen LogP contribution >= 0.6 is 0 Å². The maximum Gasteiger partial charge on any atom is 0.305 e. The number of aryl methyl sites for hydroxylation is 2. The Morgan fingerprint density at radius 1 is 1.14 bits per heavy atom. The Morgan fingerprint density at radius 3 is 2.38 bits per heavy atom. The van der Waals surface area contributed by atoms with Crippen LogP contribution < -0.4 is 10.5 Å². The molecular weight excluding hydrogens is 266 g/mol. The zero-order chi connectivity index (χ0) is 15.7. The first kappa shape index (κ1) is 17.5. The van der Waals surface area contributed by atoms with Gasteiger partial charge >= 0.3 is 5.97 Å². The van der Waals surface area contributed by atoms with E-state index in [0.717, 1.165) is 41.7 Å². The van der Waals surface area contributed by atoms with Gasteiger partial charge in [-0.25, -0.2) is 0 Å². The highest BCUT2D eigenvalue weighted by Gasteiger charge is 2.06. The second kappa shape index (κ2) is 9.40. The van der Waals surface area contributed by atoms with Crippen LogP contribution in [0.25, 0.3) is 0 Å². The molecule has 0 aliphatic rings. The van der Waals surface area contributed by atoms with Gasteiger partial charge in [-0.05, 0) is 56.7 Å². The number of nitrogens with two attached hydrogens (primary N) is 1. The largest absolute Gasteiger partial charge is 0.493 e. The second-order valence-electron chi connectivity index (χ2n) is 5.23. The summed E-state index contributed by atoms with van der Waals surface area (Å²) in [5, 5.41) is 0. The maximum absolute atomic E-state index is 11.2. The van der Waals surface area contributed by atoms with Gasteiger partial charge in [0.05, 0.1) is 13.2 Å². The fourth-order valence-corrected chi connectivity index (χ4v) is 2.34. The average molecular weight is 293 g/mol. The Balaban J connectivity index is 2.29. The first-order valence-corrected chi connectivity index (χ1v) is 7.67. The molecule has 21 heavy (non-hydrogen) atoms. The lowest BCUT2D eigenvalue weighted by Gasteiger charge is -2.13. The van der Waals surface area contributed by atoms with Gasteiger partial charge in [-0.1, -0.05) is 12.1 Å². The van der Waals surface area contributed by atoms with Crippen LogP contribution in [0.3, 0.4) is 0 Å². The van der Waals surface area contributed by atoms with E-state index in [9.17, 15) is 4.79 Å². The average Bonchev–Trinajstić information content (AvgIpc) is 2.44. The van der Waals surface area contributed by atoms with Crippen LogP contribution in [0.15, 0.2) is 12.1 Å². The quantitative estimate of drug-likeness (QED) is 0.561. The fraction of sp³-hybridized carbons (Fsp3) is 0.588. The van der Waals surface area contributed by atoms with Crippen LogP contribution in [0.1, 0.15) is 49.3 Å². The molecule has 0 aliphatic carbocycles. The van der Waals surface area contributed by atoms with Gasteiger partial charge in [0.1, 0.15) is 5.75 Å². The first-order valence-electron chi connectivity index (χ1n) is 7.67. The normalized spacial score (nSPS) is 10.5. The SMILES string of the molecule is CCOC(=O)CCCCCOc1c(C)cc(CN)cc1C. The van der Waals surface area contributed by atoms with Crippen LogP contribution in [-0.2, 0) is 16.1 Å². The Morgan fingerprint density at radius 2 is 1.81 bits per heavy atom. The number of benzene rings is 1. The maximum atomic E-state index is 11.2. The van der Waals surface area contributed by atoms with Crippen LogP contribution in [0.2, 0.25) is 0 Å². The molecule has 0 saturated heterocycles. The smallest absolute Gasteiger partial charge is 0.305 e. The summed E-state index contributed by atoms with van der Waals surface area (Å²) in [6, 6.07) is 4.15. The standard InChI is InChI=1S/C17H27NO3/c1-4-20-16(19)8-6-5-7-9-21-17-13(2)10-15(12-18)11-14(17)3/h10-11H,4-9,12,18H2,1-3H3. The van der Waals surface area contributed by atoms with E-state index in [1.807, 2.05) is 20.8 Å². The third kappa shape index (κ3) is 6.17. The van der Waals surface area contributed by atoms with E-state index < -0.39 is 0 Å². The van der Waals surface area contributed by atoms with Crippen molar-refractivity contribution in [1.82, 2.24) is 0 Å². The van der Waals surface area contributed by atoms with Gasteiger partial charge in [0, 0.05) is 13.0 Å². The molecule has 0 radical (unpaired) electrons. The molecule has 0 bridgehead atoms. The Hall–Kier alpha value is -1.55. The van der Waals surface area contributed by atoms with Crippen molar-refractivity contribution in [2.45, 2.75) is 53.0 Å². The van der Waals surface area contributed by atoms with Gasteiger partial charge in [-0.2, -0.15) is 0 Å². The van der Waals surface area contributed by atoms with Gasteiger partial charge in [-0.15, -0.1) is 0 Å². The summed E-state index contributed by atoms with van der Waals surface area (Å²) < 4.78 is 10.8. The molecule has 4 nitrogen and oxygen atoms in total. The number of ether oxygens (including phenoxy) is 2. The highest BCUT2D eigenvalue weighted by Crippen LogP contribution is 2.25. The highest BCUT2D eigenvalue weighted by molar-refractivity contribution is 5.69. The first-order chi connectivity index (χ1) is 10.1. The van der Waals surface area contributed by atoms with Crippen LogP contribution in [0.5, 0.6) is 5.75 Å². The number of unbranched alkanes of at least 4 members (excludes halogenated alkanes) is 2. The second-order valence-corrected chi connectivity index (χ2v) is 5.23. The molecule has 0 spiro atoms. The summed E-state index contributed by atoms with van der Waals surface area (Å²) >= 11 is 0. The molecule has 0 unspecified atom stereocenters. The molecule has 1 aromatic rings. The van der Waals surface area contributed by atoms with Gasteiger partial charge in [0.25, 0.3) is 0 Å². The molecule has 0 heterocycles. The van der Waals surface area contributed by atoms with Gasteiger partial charge in [0.2, 0.25) is 0 Å². The molecule has 0 fully saturated rings. The summed E-state index contributed by atoms with van der Waals surface area (Å²) in [6.45, 7) is 7.60. The van der Waals surface area contributed by atoms with Crippen molar-refractivity contribution in [3.05, 3.63) is 28.8 Å². The topological polar surface area (TPSA) is 61.5 Å². The predicted octanol–water partition coefficient (Wildman–Crippen LogP) is 3.26. The monoisotopic (exact) mass is 293 g/mol. The van der Waals surface area contributed by atoms with Crippen LogP contribution in [-0.4, -0.2) is 19.2 Å². The van der Waals surface area contributed by atoms with E-state index in [1.54, 1.807) is 0 Å². The van der Waals surface area contributed by atoms with E-state index >= 15 is 0 Å². The lowest BCUT2D eigenvalue weighted by molar-refractivity contribution is -0.143. The van der Waals surface area contributed by atoms with Gasteiger partial charge in [-0.3, -0.25) is 4.79 Å². The third-order valence-electron chi connectivity index (χ3n) is 3.33. The molecule has 1 aromatic carbocycles. The Labute approximate surface area is 127 Å². The van der Waals surface area contributed by atoms with Crippen molar-refractivity contribution < 1.29 is 14.3 Å². The highest BCUT2D eigenvalue weighted by atomic mass is 16.5. The molecule has 0 amide bonds. The minimum Gasteiger partial charge on any atom is -0.493 e. The minimum absolute atomic E-state index is 0.109. The number of hydrogen-bond acceptors (Lipinski definition) is 4. The lowest BCUT2D eigenvalue weighted by Crippen LogP contribution is -2.05. The number of rotatable bonds is 9. The lowest BCUT2D eigenvalue weighted by atomic mass is 10.1. The predicted molar refractivity (Wildman–Crippen MR) is 84.4 cm³/mol. The Kier molecular flexibility index (Phi) is 7.83. The molecular formula is C17H27NO3. The number of esters is 1. The van der Waals surface area contributed by atoms with E-state index in [0.29, 0.717) is 26.2 Å². The van der Waals surface area contributed by atoms with Gasteiger partial charge < -0.3 is 15.2 Å². The van der Waals surface area contributed by atoms with Gasteiger partial charge in [0.15, 0.2) is 0 Å². The van der Waals surface area contributed by atoms with Crippen molar-refractivity contribution in [3.8, 4) is 5.75 Å². The van der Waals surface area contributed by atoms with E-state index in [4.69, 9.17) is 15.2 Å². The zero-order valence-corrected chi connectivity index (χ0v) is 13.4. The molecule has 4 heteroatoms. The summed E-state index contributed by atoms with van der Waals surface area (Å²) in [4.78, 5) is 11.2. The summed E-state index contributed by atoms with van der Waals surface area (Å²) in [5.74, 6) is 0.847. The number of carbonyl (C=O) groups is 1. The Bertz CT molecular complexity index is 434. The number of carbonyl (C=O) groups excluding carboxylic acids is 1. The van der Waals surface area contributed by atoms with Crippen LogP contribution in [0.4, 0.5) is 0 Å². The van der Waals surface area contributed by atoms with Crippen molar-refractivity contribution in [2.24, 2.45) is 5.73 Å². The van der Waals surface area contributed by atoms with E-state index in [1.165, 1.54) is 0 Å². The van der Waals surface area contributed by atoms with Crippen LogP contribution in [0, 0.1) is 13.8 Å². The van der Waals surface area contributed by atoms with E-state index in [-0.39, 0.29) is 5.97 Å². The van der Waals surface area contributed by atoms with Crippen molar-refractivity contribution in [1.29, 1.82) is 0 Å². The minimum atomic E-state index is -0.109. The molecule has 118 valence electrons. The number of hydrogen-bond donors (Lipinski definition) is 1. The third-order valence-corrected chi connectivity index (χ3v) is 3.33. The molecule has 1 rings (SSSR count). The fourth-order valence-electron chi connectivity index (χ4n) is 2.34. The molecule has 0 saturated carbocycles. The molecule has 0 aromatic heterocycles.